The first kappa shape index (κ1) is 34.2. The molecule has 4 nitrogen and oxygen atoms in total. The van der Waals surface area contributed by atoms with Crippen LogP contribution < -0.4 is 10.6 Å². The fourth-order valence-electron chi connectivity index (χ4n) is 8.08. The lowest BCUT2D eigenvalue weighted by atomic mass is 9.86. The van der Waals surface area contributed by atoms with Gasteiger partial charge in [-0.1, -0.05) is 170 Å². The normalized spacial score (nSPS) is 17.5. The zero-order valence-electron chi connectivity index (χ0n) is 31.6. The highest BCUT2D eigenvalue weighted by atomic mass is 14.9. The van der Waals surface area contributed by atoms with Gasteiger partial charge in [0.15, 0.2) is 0 Å². The van der Waals surface area contributed by atoms with Gasteiger partial charge in [-0.05, 0) is 82.4 Å². The molecule has 8 aromatic rings. The van der Waals surface area contributed by atoms with E-state index in [0.29, 0.717) is 0 Å². The average Bonchev–Trinajstić information content (AvgIpc) is 3.29. The third-order valence-corrected chi connectivity index (χ3v) is 11.2. The van der Waals surface area contributed by atoms with E-state index in [9.17, 15) is 0 Å². The van der Waals surface area contributed by atoms with Gasteiger partial charge in [0.05, 0.1) is 34.0 Å². The van der Waals surface area contributed by atoms with Crippen LogP contribution in [-0.4, -0.2) is 9.97 Å². The maximum atomic E-state index is 5.37. The lowest BCUT2D eigenvalue weighted by molar-refractivity contribution is 0.528. The molecule has 0 aliphatic carbocycles. The molecule has 0 amide bonds. The molecule has 0 saturated carbocycles. The van der Waals surface area contributed by atoms with E-state index in [1.54, 1.807) is 0 Å². The second-order valence-corrected chi connectivity index (χ2v) is 14.9. The lowest BCUT2D eigenvalue weighted by Gasteiger charge is -2.31. The Morgan fingerprint density at radius 3 is 1.81 bits per heavy atom. The molecule has 4 heteroatoms. The van der Waals surface area contributed by atoms with Crippen molar-refractivity contribution in [3.63, 3.8) is 0 Å². The van der Waals surface area contributed by atoms with E-state index < -0.39 is 5.54 Å². The molecule has 6 aromatic carbocycles. The summed E-state index contributed by atoms with van der Waals surface area (Å²) in [6.07, 6.45) is 13.0. The summed E-state index contributed by atoms with van der Waals surface area (Å²) < 4.78 is 0. The van der Waals surface area contributed by atoms with Crippen molar-refractivity contribution >= 4 is 33.1 Å². The topological polar surface area (TPSA) is 49.8 Å². The Morgan fingerprint density at radius 2 is 1.12 bits per heavy atom. The quantitative estimate of drug-likeness (QED) is 0.160. The Balaban J connectivity index is 0.997. The van der Waals surface area contributed by atoms with E-state index in [-0.39, 0.29) is 6.04 Å². The van der Waals surface area contributed by atoms with E-state index in [1.165, 1.54) is 27.8 Å². The number of benzene rings is 6. The standard InChI is InChI=1S/C53H40N4/c1-53(31-11-12-32-54-53)46-35-50(57-52-45(46)29-27-43-28-30-47(56-51(43)52)39-15-7-3-8-16-39)42-25-21-38(22-26-42)37-19-23-41(24-20-37)49-34-44(36-13-5-2-6-14-36)33-48(55-49)40-17-9-4-10-18-40/h2-35,49,54-55H,1H3. The van der Waals surface area contributed by atoms with E-state index in [1.807, 2.05) is 18.3 Å². The van der Waals surface area contributed by atoms with Crippen LogP contribution in [0.4, 0.5) is 0 Å². The summed E-state index contributed by atoms with van der Waals surface area (Å²) >= 11 is 0. The van der Waals surface area contributed by atoms with Gasteiger partial charge in [-0.15, -0.1) is 0 Å². The van der Waals surface area contributed by atoms with Crippen molar-refractivity contribution in [3.05, 3.63) is 229 Å². The molecular weight excluding hydrogens is 693 g/mol. The van der Waals surface area contributed by atoms with E-state index >= 15 is 0 Å². The van der Waals surface area contributed by atoms with Crippen LogP contribution in [0.1, 0.15) is 35.2 Å². The Kier molecular flexibility index (Phi) is 8.65. The SMILES string of the molecule is CC1(c2cc(-c3ccc(-c4ccc(C5C=C(c6ccccc6)C=C(c6ccccc6)N5)cc4)cc3)nc3c2ccc2ccc(-c4ccccc4)nc23)C=CC=CN1. The molecule has 2 aliphatic rings. The molecule has 2 atom stereocenters. The number of dihydropyridines is 2. The van der Waals surface area contributed by atoms with Gasteiger partial charge in [0.1, 0.15) is 0 Å². The zero-order chi connectivity index (χ0) is 38.2. The summed E-state index contributed by atoms with van der Waals surface area (Å²) in [5.41, 5.74) is 14.8. The number of hydrogen-bond acceptors (Lipinski definition) is 4. The predicted octanol–water partition coefficient (Wildman–Crippen LogP) is 12.4. The monoisotopic (exact) mass is 732 g/mol. The summed E-state index contributed by atoms with van der Waals surface area (Å²) in [4.78, 5) is 10.6. The maximum Gasteiger partial charge on any atom is 0.0976 e. The van der Waals surface area contributed by atoms with Gasteiger partial charge in [-0.25, -0.2) is 9.97 Å². The summed E-state index contributed by atoms with van der Waals surface area (Å²) in [7, 11) is 0. The number of rotatable bonds is 7. The Morgan fingerprint density at radius 1 is 0.526 bits per heavy atom. The molecule has 4 heterocycles. The minimum atomic E-state index is -0.418. The Hall–Kier alpha value is -7.30. The molecule has 272 valence electrons. The van der Waals surface area contributed by atoms with Crippen LogP contribution in [0.25, 0.3) is 66.7 Å². The number of nitrogens with one attached hydrogen (secondary N) is 2. The summed E-state index contributed by atoms with van der Waals surface area (Å²) in [5, 5.41) is 9.57. The van der Waals surface area contributed by atoms with Crippen LogP contribution >= 0.6 is 0 Å². The lowest BCUT2D eigenvalue weighted by Crippen LogP contribution is -2.35. The minimum Gasteiger partial charge on any atom is -0.378 e. The smallest absolute Gasteiger partial charge is 0.0976 e. The predicted molar refractivity (Wildman–Crippen MR) is 237 cm³/mol. The highest BCUT2D eigenvalue weighted by molar-refractivity contribution is 6.06. The van der Waals surface area contributed by atoms with E-state index in [2.05, 4.69) is 206 Å². The molecule has 0 saturated heterocycles. The van der Waals surface area contributed by atoms with Gasteiger partial charge in [0.2, 0.25) is 0 Å². The average molecular weight is 733 g/mol. The number of allylic oxidation sites excluding steroid dienone is 4. The first-order valence-electron chi connectivity index (χ1n) is 19.5. The van der Waals surface area contributed by atoms with Crippen LogP contribution in [-0.2, 0) is 5.54 Å². The largest absolute Gasteiger partial charge is 0.378 e. The number of aromatic nitrogens is 2. The highest BCUT2D eigenvalue weighted by Gasteiger charge is 2.27. The van der Waals surface area contributed by atoms with Crippen LogP contribution in [0.5, 0.6) is 0 Å². The molecule has 0 radical (unpaired) electrons. The number of nitrogens with zero attached hydrogens (tertiary/aromatic N) is 2. The van der Waals surface area contributed by atoms with Crippen molar-refractivity contribution in [2.75, 3.05) is 0 Å². The summed E-state index contributed by atoms with van der Waals surface area (Å²) in [6, 6.07) is 60.1. The molecule has 0 spiro atoms. The van der Waals surface area contributed by atoms with Gasteiger partial charge in [0.25, 0.3) is 0 Å². The van der Waals surface area contributed by atoms with E-state index in [4.69, 9.17) is 9.97 Å². The van der Waals surface area contributed by atoms with Gasteiger partial charge < -0.3 is 10.6 Å². The van der Waals surface area contributed by atoms with Crippen molar-refractivity contribution in [2.24, 2.45) is 0 Å². The second kappa shape index (κ2) is 14.4. The van der Waals surface area contributed by atoms with Gasteiger partial charge in [-0.3, -0.25) is 0 Å². The fourth-order valence-corrected chi connectivity index (χ4v) is 8.08. The second-order valence-electron chi connectivity index (χ2n) is 14.9. The first-order chi connectivity index (χ1) is 28.1. The zero-order valence-corrected chi connectivity index (χ0v) is 31.6. The molecule has 10 rings (SSSR count). The Bertz CT molecular complexity index is 2870. The molecular formula is C53H40N4. The van der Waals surface area contributed by atoms with Crippen molar-refractivity contribution in [1.29, 1.82) is 0 Å². The Labute approximate surface area is 333 Å². The van der Waals surface area contributed by atoms with Crippen LogP contribution in [0.15, 0.2) is 206 Å². The fraction of sp³-hybridized carbons (Fsp3) is 0.0566. The van der Waals surface area contributed by atoms with Gasteiger partial charge in [-0.2, -0.15) is 0 Å². The van der Waals surface area contributed by atoms with Gasteiger partial charge >= 0.3 is 0 Å². The van der Waals surface area contributed by atoms with Crippen molar-refractivity contribution in [1.82, 2.24) is 20.6 Å². The molecule has 2 aromatic heterocycles. The van der Waals surface area contributed by atoms with Crippen molar-refractivity contribution in [3.8, 4) is 33.6 Å². The van der Waals surface area contributed by atoms with Crippen LogP contribution in [0, 0.1) is 0 Å². The van der Waals surface area contributed by atoms with Crippen LogP contribution in [0.2, 0.25) is 0 Å². The molecule has 2 unspecified atom stereocenters. The molecule has 57 heavy (non-hydrogen) atoms. The first-order valence-corrected chi connectivity index (χ1v) is 19.5. The molecule has 0 fully saturated rings. The molecule has 2 aliphatic heterocycles. The van der Waals surface area contributed by atoms with Crippen LogP contribution in [0.3, 0.4) is 0 Å². The molecule has 0 bridgehead atoms. The molecule has 2 N–H and O–H groups in total. The van der Waals surface area contributed by atoms with Gasteiger partial charge in [0, 0.05) is 27.6 Å². The summed E-state index contributed by atoms with van der Waals surface area (Å²) in [5.74, 6) is 0. The van der Waals surface area contributed by atoms with Crippen molar-refractivity contribution < 1.29 is 0 Å². The third-order valence-electron chi connectivity index (χ3n) is 11.2. The maximum absolute atomic E-state index is 5.37. The minimum absolute atomic E-state index is 0.0326. The highest BCUT2D eigenvalue weighted by Crippen LogP contribution is 2.38. The van der Waals surface area contributed by atoms with Crippen molar-refractivity contribution in [2.45, 2.75) is 18.5 Å². The summed E-state index contributed by atoms with van der Waals surface area (Å²) in [6.45, 7) is 2.22. The number of pyridine rings is 2. The van der Waals surface area contributed by atoms with E-state index in [0.717, 1.165) is 61.1 Å². The third kappa shape index (κ3) is 6.62. The number of fused-ring (bicyclic) bond motifs is 3. The number of hydrogen-bond donors (Lipinski definition) is 2.